The Morgan fingerprint density at radius 1 is 1.00 bits per heavy atom. The number of nitrogens with zero attached hydrogens (tertiary/aromatic N) is 5. The van der Waals surface area contributed by atoms with Crippen LogP contribution in [-0.4, -0.2) is 31.0 Å². The summed E-state index contributed by atoms with van der Waals surface area (Å²) in [6, 6.07) is 7.43. The molecule has 4 aromatic rings. The van der Waals surface area contributed by atoms with Crippen LogP contribution in [0.15, 0.2) is 47.7 Å². The summed E-state index contributed by atoms with van der Waals surface area (Å²) in [4.78, 5) is 31.2. The zero-order valence-corrected chi connectivity index (χ0v) is 20.6. The minimum absolute atomic E-state index is 0.132. The number of pyridine rings is 1. The van der Waals surface area contributed by atoms with Crippen molar-refractivity contribution in [2.24, 2.45) is 0 Å². The maximum absolute atomic E-state index is 13.4. The minimum Gasteiger partial charge on any atom is -0.354 e. The molecule has 0 saturated heterocycles. The number of hydrogen-bond acceptors (Lipinski definition) is 6. The Balaban J connectivity index is 1.70. The summed E-state index contributed by atoms with van der Waals surface area (Å²) >= 11 is 6.67. The first-order valence-corrected chi connectivity index (χ1v) is 12.1. The number of nitrogens with one attached hydrogen (secondary N) is 1. The van der Waals surface area contributed by atoms with E-state index < -0.39 is 0 Å². The van der Waals surface area contributed by atoms with E-state index in [9.17, 15) is 4.79 Å². The third-order valence-electron chi connectivity index (χ3n) is 5.87. The van der Waals surface area contributed by atoms with Crippen LogP contribution in [0, 0.1) is 6.92 Å². The van der Waals surface area contributed by atoms with E-state index in [-0.39, 0.29) is 5.56 Å². The van der Waals surface area contributed by atoms with Crippen LogP contribution in [0.3, 0.4) is 0 Å². The van der Waals surface area contributed by atoms with Crippen molar-refractivity contribution in [1.82, 2.24) is 24.5 Å². The van der Waals surface area contributed by atoms with Gasteiger partial charge in [0.25, 0.3) is 5.56 Å². The van der Waals surface area contributed by atoms with Crippen molar-refractivity contribution in [2.75, 3.05) is 11.9 Å². The molecule has 3 aromatic heterocycles. The van der Waals surface area contributed by atoms with E-state index in [1.54, 1.807) is 23.2 Å². The van der Waals surface area contributed by atoms with Crippen LogP contribution in [-0.2, 0) is 6.54 Å². The first-order valence-electron chi connectivity index (χ1n) is 11.8. The monoisotopic (exact) mass is 476 g/mol. The van der Waals surface area contributed by atoms with Gasteiger partial charge in [-0.2, -0.15) is 4.98 Å². The summed E-state index contributed by atoms with van der Waals surface area (Å²) in [5, 5.41) is 4.55. The van der Waals surface area contributed by atoms with Gasteiger partial charge in [-0.05, 0) is 32.4 Å². The minimum atomic E-state index is -0.132. The van der Waals surface area contributed by atoms with Crippen molar-refractivity contribution in [3.8, 4) is 22.4 Å². The molecule has 176 valence electrons. The fourth-order valence-electron chi connectivity index (χ4n) is 4.05. The van der Waals surface area contributed by atoms with Gasteiger partial charge >= 0.3 is 0 Å². The van der Waals surface area contributed by atoms with Crippen molar-refractivity contribution in [2.45, 2.75) is 53.0 Å². The Labute approximate surface area is 204 Å². The van der Waals surface area contributed by atoms with E-state index in [0.29, 0.717) is 34.3 Å². The fourth-order valence-corrected chi connectivity index (χ4v) is 4.34. The first-order chi connectivity index (χ1) is 16.5. The van der Waals surface area contributed by atoms with Crippen molar-refractivity contribution in [3.05, 3.63) is 63.9 Å². The van der Waals surface area contributed by atoms with Crippen LogP contribution in [0.2, 0.25) is 5.02 Å². The SMILES string of the molecule is CCCCCCNc1ncc2cc(-c3ccc(-c4nccnc4C)cc3Cl)c(=O)n(CC)c2n1. The molecule has 7 nitrogen and oxygen atoms in total. The molecule has 4 rings (SSSR count). The zero-order valence-electron chi connectivity index (χ0n) is 19.8. The molecule has 0 fully saturated rings. The van der Waals surface area contributed by atoms with Crippen LogP contribution >= 0.6 is 11.6 Å². The van der Waals surface area contributed by atoms with Gasteiger partial charge in [0.2, 0.25) is 5.95 Å². The van der Waals surface area contributed by atoms with Crippen molar-refractivity contribution >= 4 is 28.6 Å². The standard InChI is InChI=1S/C26H29ClN6O/c1-4-6-7-8-11-30-26-31-16-19-14-21(25(34)33(5-2)24(19)32-26)20-10-9-18(15-22(20)27)23-17(3)28-12-13-29-23/h9-10,12-16H,4-8,11H2,1-3H3,(H,30,31,32). The molecule has 0 aliphatic rings. The normalized spacial score (nSPS) is 11.2. The van der Waals surface area contributed by atoms with Gasteiger partial charge in [0.1, 0.15) is 5.65 Å². The van der Waals surface area contributed by atoms with Crippen molar-refractivity contribution in [1.29, 1.82) is 0 Å². The van der Waals surface area contributed by atoms with E-state index in [4.69, 9.17) is 11.6 Å². The van der Waals surface area contributed by atoms with Crippen LogP contribution < -0.4 is 10.9 Å². The molecule has 1 N–H and O–H groups in total. The van der Waals surface area contributed by atoms with Gasteiger partial charge in [0.15, 0.2) is 0 Å². The lowest BCUT2D eigenvalue weighted by atomic mass is 10.0. The lowest BCUT2D eigenvalue weighted by Gasteiger charge is -2.13. The van der Waals surface area contributed by atoms with Crippen molar-refractivity contribution in [3.63, 3.8) is 0 Å². The largest absolute Gasteiger partial charge is 0.354 e. The molecule has 0 atom stereocenters. The number of unbranched alkanes of at least 4 members (excludes halogenated alkanes) is 3. The molecule has 0 amide bonds. The second-order valence-electron chi connectivity index (χ2n) is 8.25. The van der Waals surface area contributed by atoms with Gasteiger partial charge in [0.05, 0.1) is 11.4 Å². The Hall–Kier alpha value is -3.32. The maximum Gasteiger partial charge on any atom is 0.260 e. The number of rotatable bonds is 9. The van der Waals surface area contributed by atoms with Gasteiger partial charge < -0.3 is 5.32 Å². The van der Waals surface area contributed by atoms with E-state index in [0.717, 1.165) is 35.3 Å². The Morgan fingerprint density at radius 3 is 2.56 bits per heavy atom. The van der Waals surface area contributed by atoms with Crippen LogP contribution in [0.25, 0.3) is 33.4 Å². The van der Waals surface area contributed by atoms with E-state index >= 15 is 0 Å². The number of benzene rings is 1. The van der Waals surface area contributed by atoms with Crippen LogP contribution in [0.1, 0.15) is 45.2 Å². The van der Waals surface area contributed by atoms with E-state index in [2.05, 4.69) is 32.2 Å². The highest BCUT2D eigenvalue weighted by Gasteiger charge is 2.16. The second-order valence-corrected chi connectivity index (χ2v) is 8.66. The molecular weight excluding hydrogens is 448 g/mol. The highest BCUT2D eigenvalue weighted by Crippen LogP contribution is 2.32. The number of aromatic nitrogens is 5. The number of fused-ring (bicyclic) bond motifs is 1. The second kappa shape index (κ2) is 10.7. The molecule has 1 aromatic carbocycles. The van der Waals surface area contributed by atoms with Gasteiger partial charge in [-0.1, -0.05) is 49.9 Å². The highest BCUT2D eigenvalue weighted by atomic mass is 35.5. The van der Waals surface area contributed by atoms with Crippen molar-refractivity contribution < 1.29 is 0 Å². The van der Waals surface area contributed by atoms with Gasteiger partial charge in [-0.3, -0.25) is 19.3 Å². The lowest BCUT2D eigenvalue weighted by molar-refractivity contribution is 0.683. The highest BCUT2D eigenvalue weighted by molar-refractivity contribution is 6.33. The zero-order chi connectivity index (χ0) is 24.1. The Kier molecular flexibility index (Phi) is 7.53. The predicted octanol–water partition coefficient (Wildman–Crippen LogP) is 5.89. The lowest BCUT2D eigenvalue weighted by Crippen LogP contribution is -2.22. The fraction of sp³-hybridized carbons (Fsp3) is 0.346. The molecule has 0 bridgehead atoms. The molecule has 0 saturated carbocycles. The Morgan fingerprint density at radius 2 is 1.82 bits per heavy atom. The summed E-state index contributed by atoms with van der Waals surface area (Å²) in [6.45, 7) is 7.34. The third kappa shape index (κ3) is 4.94. The molecule has 0 unspecified atom stereocenters. The molecule has 3 heterocycles. The van der Waals surface area contributed by atoms with Crippen LogP contribution in [0.4, 0.5) is 5.95 Å². The number of aryl methyl sites for hydroxylation is 2. The number of anilines is 1. The predicted molar refractivity (Wildman–Crippen MR) is 138 cm³/mol. The molecule has 34 heavy (non-hydrogen) atoms. The molecule has 8 heteroatoms. The molecule has 0 aliphatic heterocycles. The summed E-state index contributed by atoms with van der Waals surface area (Å²) < 4.78 is 1.67. The quantitative estimate of drug-likeness (QED) is 0.303. The summed E-state index contributed by atoms with van der Waals surface area (Å²) in [5.74, 6) is 0.542. The topological polar surface area (TPSA) is 85.6 Å². The number of halogens is 1. The van der Waals surface area contributed by atoms with E-state index in [1.165, 1.54) is 19.3 Å². The maximum atomic E-state index is 13.4. The van der Waals surface area contributed by atoms with Gasteiger partial charge in [0, 0.05) is 58.8 Å². The summed E-state index contributed by atoms with van der Waals surface area (Å²) in [6.07, 6.45) is 9.74. The third-order valence-corrected chi connectivity index (χ3v) is 6.18. The van der Waals surface area contributed by atoms with E-state index in [1.807, 2.05) is 38.1 Å². The molecule has 0 spiro atoms. The Bertz CT molecular complexity index is 1370. The van der Waals surface area contributed by atoms with Gasteiger partial charge in [-0.25, -0.2) is 4.98 Å². The average Bonchev–Trinajstić information content (AvgIpc) is 2.84. The average molecular weight is 477 g/mol. The number of hydrogen-bond donors (Lipinski definition) is 1. The summed E-state index contributed by atoms with van der Waals surface area (Å²) in [7, 11) is 0. The van der Waals surface area contributed by atoms with Gasteiger partial charge in [-0.15, -0.1) is 0 Å². The molecular formula is C26H29ClN6O. The first kappa shape index (κ1) is 23.8. The molecule has 0 radical (unpaired) electrons. The van der Waals surface area contributed by atoms with Crippen LogP contribution in [0.5, 0.6) is 0 Å². The smallest absolute Gasteiger partial charge is 0.260 e. The molecule has 0 aliphatic carbocycles. The summed E-state index contributed by atoms with van der Waals surface area (Å²) in [5.41, 5.74) is 4.11.